The molecular weight excluding hydrogens is 289 g/mol. The van der Waals surface area contributed by atoms with Crippen LogP contribution in [0.5, 0.6) is 5.75 Å². The van der Waals surface area contributed by atoms with Gasteiger partial charge in [0.2, 0.25) is 0 Å². The fraction of sp³-hybridized carbons (Fsp3) is 0.250. The van der Waals surface area contributed by atoms with Gasteiger partial charge in [0.15, 0.2) is 0 Å². The van der Waals surface area contributed by atoms with E-state index in [1.807, 2.05) is 24.3 Å². The number of hydrogen-bond acceptors (Lipinski definition) is 2. The van der Waals surface area contributed by atoms with Crippen molar-refractivity contribution in [2.45, 2.75) is 26.2 Å². The molecule has 3 aromatic rings. The summed E-state index contributed by atoms with van der Waals surface area (Å²) < 4.78 is 18.8. The third-order valence-corrected chi connectivity index (χ3v) is 3.77. The van der Waals surface area contributed by atoms with Crippen LogP contribution >= 0.6 is 0 Å². The predicted molar refractivity (Wildman–Crippen MR) is 91.3 cm³/mol. The number of pyridine rings is 1. The molecule has 2 aromatic carbocycles. The quantitative estimate of drug-likeness (QED) is 0.643. The summed E-state index contributed by atoms with van der Waals surface area (Å²) >= 11 is 0. The molecule has 0 spiro atoms. The molecule has 0 aliphatic carbocycles. The summed E-state index contributed by atoms with van der Waals surface area (Å²) in [7, 11) is 0. The zero-order chi connectivity index (χ0) is 16.1. The van der Waals surface area contributed by atoms with Gasteiger partial charge in [0.1, 0.15) is 11.6 Å². The van der Waals surface area contributed by atoms with E-state index in [4.69, 9.17) is 4.74 Å². The van der Waals surface area contributed by atoms with Crippen LogP contribution in [0.25, 0.3) is 10.9 Å². The second-order valence-electron chi connectivity index (χ2n) is 5.63. The maximum absolute atomic E-state index is 13.2. The highest BCUT2D eigenvalue weighted by Crippen LogP contribution is 2.17. The zero-order valence-electron chi connectivity index (χ0n) is 13.3. The molecule has 0 fully saturated rings. The summed E-state index contributed by atoms with van der Waals surface area (Å²) in [5, 5.41) is 0.839. The summed E-state index contributed by atoms with van der Waals surface area (Å²) in [6.45, 7) is 2.85. The molecule has 0 amide bonds. The van der Waals surface area contributed by atoms with Gasteiger partial charge < -0.3 is 4.74 Å². The van der Waals surface area contributed by atoms with Gasteiger partial charge in [-0.25, -0.2) is 4.39 Å². The summed E-state index contributed by atoms with van der Waals surface area (Å²) in [4.78, 5) is 4.60. The van der Waals surface area contributed by atoms with Crippen molar-refractivity contribution in [1.29, 1.82) is 0 Å². The number of aromatic nitrogens is 1. The van der Waals surface area contributed by atoms with Gasteiger partial charge in [-0.2, -0.15) is 0 Å². The van der Waals surface area contributed by atoms with E-state index in [0.717, 1.165) is 48.2 Å². The molecular formula is C20H20FNO. The molecule has 0 bridgehead atoms. The zero-order valence-corrected chi connectivity index (χ0v) is 13.3. The Morgan fingerprint density at radius 1 is 0.957 bits per heavy atom. The van der Waals surface area contributed by atoms with Gasteiger partial charge in [0.05, 0.1) is 12.1 Å². The number of halogens is 1. The summed E-state index contributed by atoms with van der Waals surface area (Å²) in [5.74, 6) is 0.693. The highest BCUT2D eigenvalue weighted by Gasteiger charge is 2.02. The predicted octanol–water partition coefficient (Wildman–Crippen LogP) is 4.95. The molecule has 1 heterocycles. The maximum atomic E-state index is 13.2. The number of hydrogen-bond donors (Lipinski definition) is 0. The molecule has 118 valence electrons. The standard InChI is InChI=1S/C20H20FNO/c1-2-13-23-19-10-4-15(5-11-19)3-8-18-9-6-16-14-17(21)7-12-20(16)22-18/h4-7,9-12,14H,2-3,8,13H2,1H3. The van der Waals surface area contributed by atoms with E-state index in [9.17, 15) is 4.39 Å². The number of rotatable bonds is 6. The molecule has 0 N–H and O–H groups in total. The van der Waals surface area contributed by atoms with Crippen LogP contribution in [0.15, 0.2) is 54.6 Å². The minimum atomic E-state index is -0.225. The first-order valence-electron chi connectivity index (χ1n) is 8.01. The van der Waals surface area contributed by atoms with Crippen LogP contribution in [-0.4, -0.2) is 11.6 Å². The summed E-state index contributed by atoms with van der Waals surface area (Å²) in [5.41, 5.74) is 3.12. The molecule has 23 heavy (non-hydrogen) atoms. The fourth-order valence-corrected chi connectivity index (χ4v) is 2.52. The van der Waals surface area contributed by atoms with Gasteiger partial charge in [-0.05, 0) is 61.2 Å². The van der Waals surface area contributed by atoms with Crippen LogP contribution in [0.2, 0.25) is 0 Å². The molecule has 0 saturated carbocycles. The molecule has 0 atom stereocenters. The minimum Gasteiger partial charge on any atom is -0.494 e. The Kier molecular flexibility index (Phi) is 4.86. The van der Waals surface area contributed by atoms with E-state index in [-0.39, 0.29) is 5.82 Å². The smallest absolute Gasteiger partial charge is 0.123 e. The Morgan fingerprint density at radius 3 is 2.57 bits per heavy atom. The SMILES string of the molecule is CCCOc1ccc(CCc2ccc3cc(F)ccc3n2)cc1. The molecule has 0 saturated heterocycles. The van der Waals surface area contributed by atoms with Crippen LogP contribution in [0.3, 0.4) is 0 Å². The van der Waals surface area contributed by atoms with Crippen molar-refractivity contribution >= 4 is 10.9 Å². The lowest BCUT2D eigenvalue weighted by molar-refractivity contribution is 0.317. The van der Waals surface area contributed by atoms with Crippen molar-refractivity contribution in [3.63, 3.8) is 0 Å². The van der Waals surface area contributed by atoms with Crippen molar-refractivity contribution in [3.05, 3.63) is 71.7 Å². The molecule has 3 rings (SSSR count). The third kappa shape index (κ3) is 4.07. The first-order chi connectivity index (χ1) is 11.2. The molecule has 2 nitrogen and oxygen atoms in total. The van der Waals surface area contributed by atoms with Crippen molar-refractivity contribution in [2.24, 2.45) is 0 Å². The van der Waals surface area contributed by atoms with Crippen LogP contribution in [-0.2, 0) is 12.8 Å². The first-order valence-corrected chi connectivity index (χ1v) is 8.01. The molecule has 3 heteroatoms. The van der Waals surface area contributed by atoms with E-state index in [0.29, 0.717) is 0 Å². The van der Waals surface area contributed by atoms with Gasteiger partial charge in [-0.15, -0.1) is 0 Å². The minimum absolute atomic E-state index is 0.225. The van der Waals surface area contributed by atoms with Crippen molar-refractivity contribution < 1.29 is 9.13 Å². The lowest BCUT2D eigenvalue weighted by Crippen LogP contribution is -1.97. The van der Waals surface area contributed by atoms with Crippen LogP contribution in [0, 0.1) is 5.82 Å². The third-order valence-electron chi connectivity index (χ3n) is 3.77. The van der Waals surface area contributed by atoms with Crippen molar-refractivity contribution in [3.8, 4) is 5.75 Å². The maximum Gasteiger partial charge on any atom is 0.123 e. The van der Waals surface area contributed by atoms with Crippen LogP contribution in [0.4, 0.5) is 4.39 Å². The van der Waals surface area contributed by atoms with E-state index in [2.05, 4.69) is 24.0 Å². The molecule has 0 aliphatic heterocycles. The van der Waals surface area contributed by atoms with Gasteiger partial charge in [-0.3, -0.25) is 4.98 Å². The second-order valence-corrected chi connectivity index (χ2v) is 5.63. The second kappa shape index (κ2) is 7.23. The van der Waals surface area contributed by atoms with Crippen molar-refractivity contribution in [1.82, 2.24) is 4.98 Å². The van der Waals surface area contributed by atoms with Gasteiger partial charge in [-0.1, -0.05) is 25.1 Å². The average molecular weight is 309 g/mol. The number of ether oxygens (including phenoxy) is 1. The van der Waals surface area contributed by atoms with Gasteiger partial charge in [0, 0.05) is 11.1 Å². The van der Waals surface area contributed by atoms with Gasteiger partial charge >= 0.3 is 0 Å². The number of nitrogens with zero attached hydrogens (tertiary/aromatic N) is 1. The van der Waals surface area contributed by atoms with Crippen molar-refractivity contribution in [2.75, 3.05) is 6.61 Å². The Morgan fingerprint density at radius 2 is 1.78 bits per heavy atom. The van der Waals surface area contributed by atoms with E-state index >= 15 is 0 Å². The monoisotopic (exact) mass is 309 g/mol. The summed E-state index contributed by atoms with van der Waals surface area (Å²) in [6, 6.07) is 16.8. The van der Waals surface area contributed by atoms with Gasteiger partial charge in [0.25, 0.3) is 0 Å². The Hall–Kier alpha value is -2.42. The normalized spacial score (nSPS) is 10.9. The number of aryl methyl sites for hydroxylation is 2. The van der Waals surface area contributed by atoms with Crippen LogP contribution in [0.1, 0.15) is 24.6 Å². The Labute approximate surface area is 135 Å². The Bertz CT molecular complexity index is 783. The highest BCUT2D eigenvalue weighted by molar-refractivity contribution is 5.78. The Balaban J connectivity index is 1.64. The molecule has 0 unspecified atom stereocenters. The lowest BCUT2D eigenvalue weighted by Gasteiger charge is -2.06. The van der Waals surface area contributed by atoms with E-state index in [1.54, 1.807) is 6.07 Å². The first kappa shape index (κ1) is 15.5. The van der Waals surface area contributed by atoms with E-state index in [1.165, 1.54) is 17.7 Å². The number of fused-ring (bicyclic) bond motifs is 1. The average Bonchev–Trinajstić information content (AvgIpc) is 2.59. The van der Waals surface area contributed by atoms with Crippen LogP contribution < -0.4 is 4.74 Å². The topological polar surface area (TPSA) is 22.1 Å². The molecule has 0 radical (unpaired) electrons. The van der Waals surface area contributed by atoms with E-state index < -0.39 is 0 Å². The number of benzene rings is 2. The lowest BCUT2D eigenvalue weighted by atomic mass is 10.1. The molecule has 0 aliphatic rings. The largest absolute Gasteiger partial charge is 0.494 e. The fourth-order valence-electron chi connectivity index (χ4n) is 2.52. The summed E-state index contributed by atoms with van der Waals surface area (Å²) in [6.07, 6.45) is 2.80. The molecule has 1 aromatic heterocycles. The highest BCUT2D eigenvalue weighted by atomic mass is 19.1.